The third-order valence-electron chi connectivity index (χ3n) is 4.72. The Balaban J connectivity index is 1.96. The van der Waals surface area contributed by atoms with E-state index >= 15 is 0 Å². The summed E-state index contributed by atoms with van der Waals surface area (Å²) >= 11 is 0. The van der Waals surface area contributed by atoms with Crippen molar-refractivity contribution in [2.75, 3.05) is 0 Å². The van der Waals surface area contributed by atoms with Crippen LogP contribution in [-0.2, 0) is 10.0 Å². The Bertz CT molecular complexity index is 754. The van der Waals surface area contributed by atoms with E-state index in [1.165, 1.54) is 0 Å². The molecule has 0 bridgehead atoms. The number of hydrogen-bond donors (Lipinski definition) is 2. The summed E-state index contributed by atoms with van der Waals surface area (Å²) in [5.41, 5.74) is -0.261. The van der Waals surface area contributed by atoms with Crippen LogP contribution in [0.2, 0.25) is 0 Å². The molecule has 0 heterocycles. The lowest BCUT2D eigenvalue weighted by atomic mass is 9.77. The molecule has 1 aliphatic carbocycles. The summed E-state index contributed by atoms with van der Waals surface area (Å²) in [7, 11) is -3.71. The number of benzene rings is 2. The fraction of sp³-hybridized carbons (Fsp3) is 0.368. The highest BCUT2D eigenvalue weighted by atomic mass is 32.2. The van der Waals surface area contributed by atoms with Gasteiger partial charge in [0, 0.05) is 0 Å². The Kier molecular flexibility index (Phi) is 5.04. The van der Waals surface area contributed by atoms with Crippen LogP contribution in [-0.4, -0.2) is 19.1 Å². The van der Waals surface area contributed by atoms with Crippen molar-refractivity contribution in [2.24, 2.45) is 0 Å². The molecule has 1 fully saturated rings. The molecule has 0 spiro atoms. The first-order valence-corrected chi connectivity index (χ1v) is 9.84. The lowest BCUT2D eigenvalue weighted by molar-refractivity contribution is -0.0252. The number of aliphatic hydroxyl groups is 1. The molecule has 24 heavy (non-hydrogen) atoms. The molecule has 4 nitrogen and oxygen atoms in total. The molecule has 2 N–H and O–H groups in total. The molecule has 2 aromatic carbocycles. The topological polar surface area (TPSA) is 66.4 Å². The Hall–Kier alpha value is -1.69. The zero-order chi connectivity index (χ0) is 17.0. The van der Waals surface area contributed by atoms with E-state index in [9.17, 15) is 13.5 Å². The smallest absolute Gasteiger partial charge is 0.241 e. The second-order valence-corrected chi connectivity index (χ2v) is 8.16. The van der Waals surface area contributed by atoms with Crippen molar-refractivity contribution < 1.29 is 13.5 Å². The predicted molar refractivity (Wildman–Crippen MR) is 94.0 cm³/mol. The second-order valence-electron chi connectivity index (χ2n) is 6.44. The lowest BCUT2D eigenvalue weighted by Gasteiger charge is -2.39. The van der Waals surface area contributed by atoms with E-state index in [0.717, 1.165) is 24.8 Å². The van der Waals surface area contributed by atoms with E-state index < -0.39 is 21.7 Å². The molecule has 1 saturated carbocycles. The minimum atomic E-state index is -3.71. The summed E-state index contributed by atoms with van der Waals surface area (Å²) in [5.74, 6) is 0. The van der Waals surface area contributed by atoms with Crippen molar-refractivity contribution in [3.63, 3.8) is 0 Å². The molecule has 128 valence electrons. The first-order chi connectivity index (χ1) is 11.5. The Morgan fingerprint density at radius 1 is 0.875 bits per heavy atom. The molecule has 0 amide bonds. The van der Waals surface area contributed by atoms with Crippen LogP contribution in [0.1, 0.15) is 43.7 Å². The van der Waals surface area contributed by atoms with E-state index in [2.05, 4.69) is 4.72 Å². The summed E-state index contributed by atoms with van der Waals surface area (Å²) in [6.07, 6.45) is 4.10. The van der Waals surface area contributed by atoms with E-state index in [1.807, 2.05) is 30.3 Å². The van der Waals surface area contributed by atoms with Gasteiger partial charge in [0.25, 0.3) is 0 Å². The van der Waals surface area contributed by atoms with Gasteiger partial charge in [-0.25, -0.2) is 13.1 Å². The minimum Gasteiger partial charge on any atom is -0.388 e. The van der Waals surface area contributed by atoms with Crippen LogP contribution in [0.5, 0.6) is 0 Å². The molecule has 0 aromatic heterocycles. The quantitative estimate of drug-likeness (QED) is 0.873. The van der Waals surface area contributed by atoms with E-state index in [0.29, 0.717) is 12.8 Å². The molecular formula is C19H23NO3S. The summed E-state index contributed by atoms with van der Waals surface area (Å²) in [6.45, 7) is 0. The molecule has 5 heteroatoms. The third-order valence-corrected chi connectivity index (χ3v) is 6.15. The van der Waals surface area contributed by atoms with Crippen LogP contribution < -0.4 is 4.72 Å². The van der Waals surface area contributed by atoms with Crippen molar-refractivity contribution in [1.29, 1.82) is 0 Å². The molecule has 0 saturated heterocycles. The van der Waals surface area contributed by atoms with Gasteiger partial charge in [-0.1, -0.05) is 67.8 Å². The van der Waals surface area contributed by atoms with Gasteiger partial charge in [0.1, 0.15) is 0 Å². The standard InChI is InChI=1S/C19H23NO3S/c21-19(14-8-3-9-15-19)18(16-10-4-1-5-11-16)20-24(22,23)17-12-6-2-7-13-17/h1-2,4-7,10-13,18,20-21H,3,8-9,14-15H2. The monoisotopic (exact) mass is 345 g/mol. The summed E-state index contributed by atoms with van der Waals surface area (Å²) in [5, 5.41) is 11.2. The maximum Gasteiger partial charge on any atom is 0.241 e. The molecule has 1 atom stereocenters. The molecular weight excluding hydrogens is 322 g/mol. The maximum atomic E-state index is 12.8. The van der Waals surface area contributed by atoms with Crippen LogP contribution in [0.4, 0.5) is 0 Å². The summed E-state index contributed by atoms with van der Waals surface area (Å²) in [4.78, 5) is 0.213. The zero-order valence-electron chi connectivity index (χ0n) is 13.6. The highest BCUT2D eigenvalue weighted by molar-refractivity contribution is 7.89. The third kappa shape index (κ3) is 3.69. The van der Waals surface area contributed by atoms with Gasteiger partial charge in [-0.2, -0.15) is 0 Å². The molecule has 1 aliphatic rings. The van der Waals surface area contributed by atoms with Crippen LogP contribution in [0.25, 0.3) is 0 Å². The minimum absolute atomic E-state index is 0.213. The molecule has 1 unspecified atom stereocenters. The first kappa shape index (κ1) is 17.1. The normalized spacial score (nSPS) is 18.9. The van der Waals surface area contributed by atoms with Gasteiger partial charge in [-0.05, 0) is 30.5 Å². The Morgan fingerprint density at radius 3 is 2.00 bits per heavy atom. The highest BCUT2D eigenvalue weighted by Gasteiger charge is 2.41. The van der Waals surface area contributed by atoms with E-state index in [-0.39, 0.29) is 4.90 Å². The van der Waals surface area contributed by atoms with Crippen molar-refractivity contribution in [1.82, 2.24) is 4.72 Å². The van der Waals surface area contributed by atoms with Crippen LogP contribution in [0, 0.1) is 0 Å². The van der Waals surface area contributed by atoms with Crippen molar-refractivity contribution >= 4 is 10.0 Å². The van der Waals surface area contributed by atoms with Gasteiger partial charge in [0.15, 0.2) is 0 Å². The molecule has 0 aliphatic heterocycles. The average molecular weight is 345 g/mol. The van der Waals surface area contributed by atoms with Gasteiger partial charge in [0.05, 0.1) is 16.5 Å². The Morgan fingerprint density at radius 2 is 1.42 bits per heavy atom. The highest BCUT2D eigenvalue weighted by Crippen LogP contribution is 2.39. The lowest BCUT2D eigenvalue weighted by Crippen LogP contribution is -2.47. The van der Waals surface area contributed by atoms with Crippen LogP contribution >= 0.6 is 0 Å². The van der Waals surface area contributed by atoms with Gasteiger partial charge in [-0.3, -0.25) is 0 Å². The van der Waals surface area contributed by atoms with Gasteiger partial charge >= 0.3 is 0 Å². The second kappa shape index (κ2) is 7.05. The van der Waals surface area contributed by atoms with Gasteiger partial charge < -0.3 is 5.11 Å². The van der Waals surface area contributed by atoms with Crippen molar-refractivity contribution in [3.05, 3.63) is 66.2 Å². The fourth-order valence-corrected chi connectivity index (χ4v) is 4.73. The molecule has 3 rings (SSSR count). The fourth-order valence-electron chi connectivity index (χ4n) is 3.41. The largest absolute Gasteiger partial charge is 0.388 e. The number of hydrogen-bond acceptors (Lipinski definition) is 3. The first-order valence-electron chi connectivity index (χ1n) is 8.36. The van der Waals surface area contributed by atoms with E-state index in [1.54, 1.807) is 30.3 Å². The SMILES string of the molecule is O=S(=O)(NC(c1ccccc1)C1(O)CCCCC1)c1ccccc1. The Labute approximate surface area is 143 Å². The van der Waals surface area contributed by atoms with Crippen LogP contribution in [0.3, 0.4) is 0 Å². The molecule has 2 aromatic rings. The van der Waals surface area contributed by atoms with E-state index in [4.69, 9.17) is 0 Å². The summed E-state index contributed by atoms with van der Waals surface area (Å²) in [6, 6.07) is 17.0. The van der Waals surface area contributed by atoms with Crippen molar-refractivity contribution in [2.45, 2.75) is 48.6 Å². The number of sulfonamides is 1. The zero-order valence-corrected chi connectivity index (χ0v) is 14.4. The van der Waals surface area contributed by atoms with Gasteiger partial charge in [-0.15, -0.1) is 0 Å². The predicted octanol–water partition coefficient (Wildman–Crippen LogP) is 3.40. The number of nitrogens with one attached hydrogen (secondary N) is 1. The van der Waals surface area contributed by atoms with Gasteiger partial charge in [0.2, 0.25) is 10.0 Å². The molecule has 0 radical (unpaired) electrons. The van der Waals surface area contributed by atoms with Crippen molar-refractivity contribution in [3.8, 4) is 0 Å². The average Bonchev–Trinajstić information content (AvgIpc) is 2.62. The van der Waals surface area contributed by atoms with Crippen LogP contribution in [0.15, 0.2) is 65.6 Å². The number of rotatable bonds is 5. The summed E-state index contributed by atoms with van der Waals surface area (Å²) < 4.78 is 28.3. The maximum absolute atomic E-state index is 12.8.